The number of nitrogens with zero attached hydrogens (tertiary/aromatic N) is 1. The van der Waals surface area contributed by atoms with Gasteiger partial charge in [-0.15, -0.1) is 11.3 Å². The average Bonchev–Trinajstić information content (AvgIpc) is 3.88. The van der Waals surface area contributed by atoms with Crippen LogP contribution in [0, 0.1) is 0 Å². The summed E-state index contributed by atoms with van der Waals surface area (Å²) in [6.07, 6.45) is 0. The highest BCUT2D eigenvalue weighted by molar-refractivity contribution is 7.26. The molecule has 0 atom stereocenters. The van der Waals surface area contributed by atoms with Crippen molar-refractivity contribution in [2.24, 2.45) is 0 Å². The van der Waals surface area contributed by atoms with Gasteiger partial charge in [-0.05, 0) is 94.4 Å². The minimum Gasteiger partial charge on any atom is -0.456 e. The van der Waals surface area contributed by atoms with Crippen LogP contribution in [-0.2, 0) is 5.41 Å². The Morgan fingerprint density at radius 2 is 1.09 bits per heavy atom. The van der Waals surface area contributed by atoms with Gasteiger partial charge in [0, 0.05) is 43.0 Å². The summed E-state index contributed by atoms with van der Waals surface area (Å²) in [5.74, 6) is 0. The summed E-state index contributed by atoms with van der Waals surface area (Å²) in [5.41, 5.74) is 13.7. The van der Waals surface area contributed by atoms with Gasteiger partial charge in [-0.3, -0.25) is 0 Å². The van der Waals surface area contributed by atoms with Gasteiger partial charge in [0.2, 0.25) is 0 Å². The molecule has 10 aromatic rings. The molecular weight excluding hydrogens is 663 g/mol. The zero-order chi connectivity index (χ0) is 35.1. The second kappa shape index (κ2) is 11.5. The maximum atomic E-state index is 6.68. The van der Waals surface area contributed by atoms with Gasteiger partial charge in [-0.1, -0.05) is 133 Å². The third-order valence-electron chi connectivity index (χ3n) is 11.4. The van der Waals surface area contributed by atoms with Crippen LogP contribution in [-0.4, -0.2) is 0 Å². The summed E-state index contributed by atoms with van der Waals surface area (Å²) >= 11 is 1.86. The lowest BCUT2D eigenvalue weighted by atomic mass is 9.73. The van der Waals surface area contributed by atoms with E-state index < -0.39 is 0 Å². The smallest absolute Gasteiger partial charge is 0.135 e. The van der Waals surface area contributed by atoms with Crippen LogP contribution in [0.5, 0.6) is 0 Å². The molecule has 0 spiro atoms. The molecule has 11 rings (SSSR count). The summed E-state index contributed by atoms with van der Waals surface area (Å²) in [6.45, 7) is 2.39. The van der Waals surface area contributed by atoms with Crippen molar-refractivity contribution in [3.05, 3.63) is 199 Å². The number of furan rings is 1. The van der Waals surface area contributed by atoms with Crippen molar-refractivity contribution in [2.75, 3.05) is 4.90 Å². The summed E-state index contributed by atoms with van der Waals surface area (Å²) in [6, 6.07) is 66.1. The van der Waals surface area contributed by atoms with E-state index in [9.17, 15) is 0 Å². The Bertz CT molecular complexity index is 2980. The van der Waals surface area contributed by atoms with Crippen molar-refractivity contribution in [1.29, 1.82) is 0 Å². The highest BCUT2D eigenvalue weighted by atomic mass is 32.1. The van der Waals surface area contributed by atoms with Crippen molar-refractivity contribution in [1.82, 2.24) is 0 Å². The molecule has 1 aliphatic carbocycles. The topological polar surface area (TPSA) is 16.4 Å². The SMILES string of the molecule is CC1(c2cccc3oc4ccc(N(c5ccc(-c6ccccc6)cc5)c5cccc6c5sc5ccccc56)cc4c23)c2ccccc2-c2ccccc21. The Labute approximate surface area is 311 Å². The third kappa shape index (κ3) is 4.44. The zero-order valence-corrected chi connectivity index (χ0v) is 29.9. The summed E-state index contributed by atoms with van der Waals surface area (Å²) < 4.78 is 9.24. The molecule has 0 unspecified atom stereocenters. The molecule has 0 aliphatic heterocycles. The lowest BCUT2D eigenvalue weighted by Crippen LogP contribution is -2.22. The molecular formula is C50H33NOS. The predicted molar refractivity (Wildman–Crippen MR) is 224 cm³/mol. The minimum atomic E-state index is -0.352. The van der Waals surface area contributed by atoms with E-state index in [0.717, 1.165) is 39.0 Å². The standard InChI is InChI=1S/C50H33NOS/c1-50(41-19-8-5-15-36(41)37-16-6-9-20-42(37)50)43-21-12-23-46-48(43)40-31-35(29-30-45(40)52-46)51(34-27-25-33(26-28-34)32-13-3-2-4-14-32)44-22-11-18-39-38-17-7-10-24-47(38)53-49(39)44/h2-31H,1H3. The molecule has 0 radical (unpaired) electrons. The van der Waals surface area contributed by atoms with Gasteiger partial charge in [0.05, 0.1) is 10.4 Å². The monoisotopic (exact) mass is 695 g/mol. The molecule has 2 heterocycles. The van der Waals surface area contributed by atoms with E-state index in [1.54, 1.807) is 0 Å². The van der Waals surface area contributed by atoms with E-state index in [2.05, 4.69) is 194 Å². The molecule has 3 heteroatoms. The molecule has 2 nitrogen and oxygen atoms in total. The van der Waals surface area contributed by atoms with Crippen molar-refractivity contribution >= 4 is 70.5 Å². The van der Waals surface area contributed by atoms with Crippen molar-refractivity contribution in [2.45, 2.75) is 12.3 Å². The van der Waals surface area contributed by atoms with Crippen molar-refractivity contribution in [3.8, 4) is 22.3 Å². The lowest BCUT2D eigenvalue weighted by Gasteiger charge is -2.29. The summed E-state index contributed by atoms with van der Waals surface area (Å²) in [4.78, 5) is 2.43. The van der Waals surface area contributed by atoms with Gasteiger partial charge in [-0.25, -0.2) is 0 Å². The van der Waals surface area contributed by atoms with E-state index in [4.69, 9.17) is 4.42 Å². The van der Waals surface area contributed by atoms with Gasteiger partial charge >= 0.3 is 0 Å². The van der Waals surface area contributed by atoms with Gasteiger partial charge in [0.15, 0.2) is 0 Å². The highest BCUT2D eigenvalue weighted by Crippen LogP contribution is 2.55. The Hall–Kier alpha value is -6.42. The normalized spacial score (nSPS) is 13.2. The van der Waals surface area contributed by atoms with Crippen LogP contribution in [0.25, 0.3) is 64.4 Å². The fraction of sp³-hybridized carbons (Fsp3) is 0.0400. The van der Waals surface area contributed by atoms with E-state index in [1.807, 2.05) is 11.3 Å². The molecule has 8 aromatic carbocycles. The fourth-order valence-electron chi connectivity index (χ4n) is 8.88. The molecule has 0 N–H and O–H groups in total. The van der Waals surface area contributed by atoms with Gasteiger partial charge in [-0.2, -0.15) is 0 Å². The number of fused-ring (bicyclic) bond motifs is 9. The van der Waals surface area contributed by atoms with Crippen LogP contribution in [0.4, 0.5) is 17.1 Å². The summed E-state index contributed by atoms with van der Waals surface area (Å²) in [5, 5.41) is 4.85. The minimum absolute atomic E-state index is 0.352. The molecule has 0 bridgehead atoms. The number of benzene rings is 8. The molecule has 250 valence electrons. The number of hydrogen-bond donors (Lipinski definition) is 0. The van der Waals surface area contributed by atoms with E-state index >= 15 is 0 Å². The Balaban J connectivity index is 1.16. The van der Waals surface area contributed by atoms with E-state index in [-0.39, 0.29) is 5.41 Å². The van der Waals surface area contributed by atoms with Gasteiger partial charge in [0.25, 0.3) is 0 Å². The van der Waals surface area contributed by atoms with Crippen LogP contribution in [0.2, 0.25) is 0 Å². The highest BCUT2D eigenvalue weighted by Gasteiger charge is 2.42. The Morgan fingerprint density at radius 3 is 1.89 bits per heavy atom. The molecule has 0 saturated heterocycles. The van der Waals surface area contributed by atoms with Crippen LogP contribution < -0.4 is 4.90 Å². The predicted octanol–water partition coefficient (Wildman–Crippen LogP) is 14.4. The largest absolute Gasteiger partial charge is 0.456 e. The fourth-order valence-corrected chi connectivity index (χ4v) is 10.1. The first-order chi connectivity index (χ1) is 26.2. The molecule has 0 fully saturated rings. The maximum absolute atomic E-state index is 6.68. The second-order valence-electron chi connectivity index (χ2n) is 14.2. The van der Waals surface area contributed by atoms with Crippen molar-refractivity contribution < 1.29 is 4.42 Å². The molecule has 1 aliphatic rings. The lowest BCUT2D eigenvalue weighted by molar-refractivity contribution is 0.666. The molecule has 0 amide bonds. The van der Waals surface area contributed by atoms with E-state index in [1.165, 1.54) is 59.1 Å². The Morgan fingerprint density at radius 1 is 0.472 bits per heavy atom. The third-order valence-corrected chi connectivity index (χ3v) is 12.6. The number of rotatable bonds is 5. The van der Waals surface area contributed by atoms with Crippen LogP contribution >= 0.6 is 11.3 Å². The first-order valence-corrected chi connectivity index (χ1v) is 19.0. The van der Waals surface area contributed by atoms with E-state index in [0.29, 0.717) is 0 Å². The average molecular weight is 696 g/mol. The molecule has 2 aromatic heterocycles. The Kier molecular flexibility index (Phi) is 6.58. The van der Waals surface area contributed by atoms with Crippen LogP contribution in [0.1, 0.15) is 23.6 Å². The first-order valence-electron chi connectivity index (χ1n) is 18.2. The summed E-state index contributed by atoms with van der Waals surface area (Å²) in [7, 11) is 0. The number of hydrogen-bond acceptors (Lipinski definition) is 3. The first kappa shape index (κ1) is 30.2. The van der Waals surface area contributed by atoms with Crippen LogP contribution in [0.3, 0.4) is 0 Å². The number of thiophene rings is 1. The van der Waals surface area contributed by atoms with Crippen LogP contribution in [0.15, 0.2) is 186 Å². The van der Waals surface area contributed by atoms with Gasteiger partial charge in [0.1, 0.15) is 11.2 Å². The zero-order valence-electron chi connectivity index (χ0n) is 29.1. The molecule has 53 heavy (non-hydrogen) atoms. The van der Waals surface area contributed by atoms with Gasteiger partial charge < -0.3 is 9.32 Å². The van der Waals surface area contributed by atoms with Crippen molar-refractivity contribution in [3.63, 3.8) is 0 Å². The second-order valence-corrected chi connectivity index (χ2v) is 15.2. The number of anilines is 3. The quantitative estimate of drug-likeness (QED) is 0.178. The maximum Gasteiger partial charge on any atom is 0.135 e. The molecule has 0 saturated carbocycles.